The quantitative estimate of drug-likeness (QED) is 0.356. The highest BCUT2D eigenvalue weighted by molar-refractivity contribution is 7.98. The number of ether oxygens (including phenoxy) is 2. The van der Waals surface area contributed by atoms with Gasteiger partial charge < -0.3 is 9.47 Å². The first-order valence-electron chi connectivity index (χ1n) is 10.00. The number of methoxy groups -OCH3 is 2. The molecule has 0 saturated carbocycles. The highest BCUT2D eigenvalue weighted by Crippen LogP contribution is 2.34. The van der Waals surface area contributed by atoms with Crippen LogP contribution in [-0.2, 0) is 5.75 Å². The fourth-order valence-electron chi connectivity index (χ4n) is 3.42. The molecule has 1 heterocycles. The molecule has 0 atom stereocenters. The Balaban J connectivity index is 1.82. The van der Waals surface area contributed by atoms with Crippen LogP contribution in [0.15, 0.2) is 71.9 Å². The molecule has 4 rings (SSSR count). The number of nitriles is 1. The number of aryl methyl sites for hydroxylation is 1. The van der Waals surface area contributed by atoms with Gasteiger partial charge in [-0.1, -0.05) is 48.2 Å². The van der Waals surface area contributed by atoms with E-state index in [1.807, 2.05) is 65.2 Å². The van der Waals surface area contributed by atoms with Gasteiger partial charge in [0.2, 0.25) is 0 Å². The van der Waals surface area contributed by atoms with E-state index in [1.54, 1.807) is 26.0 Å². The van der Waals surface area contributed by atoms with Gasteiger partial charge in [0.25, 0.3) is 0 Å². The highest BCUT2D eigenvalue weighted by atomic mass is 32.2. The predicted molar refractivity (Wildman–Crippen MR) is 125 cm³/mol. The smallest absolute Gasteiger partial charge is 0.196 e. The molecular weight excluding hydrogens is 420 g/mol. The fourth-order valence-corrected chi connectivity index (χ4v) is 4.36. The average Bonchev–Trinajstić information content (AvgIpc) is 3.26. The molecule has 160 valence electrons. The lowest BCUT2D eigenvalue weighted by Gasteiger charge is -2.14. The minimum Gasteiger partial charge on any atom is -0.497 e. The van der Waals surface area contributed by atoms with Crippen LogP contribution in [0.1, 0.15) is 16.7 Å². The molecule has 0 aliphatic rings. The minimum atomic E-state index is 0.606. The van der Waals surface area contributed by atoms with E-state index in [0.717, 1.165) is 27.5 Å². The first-order chi connectivity index (χ1) is 15.6. The summed E-state index contributed by atoms with van der Waals surface area (Å²) in [5, 5.41) is 19.2. The third-order valence-electron chi connectivity index (χ3n) is 5.09. The summed E-state index contributed by atoms with van der Waals surface area (Å²) in [6, 6.07) is 23.6. The number of rotatable bonds is 7. The standard InChI is InChI=1S/C25H22N4O2S/c1-17-8-4-7-11-23(17)29-24(20-12-21(30-2)14-22(13-20)31-3)27-28-25(29)32-16-19-10-6-5-9-18(19)15-26/h4-14H,16H2,1-3H3. The summed E-state index contributed by atoms with van der Waals surface area (Å²) in [5.74, 6) is 2.65. The molecule has 0 saturated heterocycles. The molecule has 7 heteroatoms. The van der Waals surface area contributed by atoms with Gasteiger partial charge in [-0.05, 0) is 42.3 Å². The Labute approximate surface area is 191 Å². The molecular formula is C25H22N4O2S. The average molecular weight is 443 g/mol. The topological polar surface area (TPSA) is 73.0 Å². The van der Waals surface area contributed by atoms with Crippen molar-refractivity contribution in [2.45, 2.75) is 17.8 Å². The Morgan fingerprint density at radius 2 is 1.62 bits per heavy atom. The highest BCUT2D eigenvalue weighted by Gasteiger charge is 2.19. The third-order valence-corrected chi connectivity index (χ3v) is 6.07. The van der Waals surface area contributed by atoms with Gasteiger partial charge >= 0.3 is 0 Å². The van der Waals surface area contributed by atoms with Gasteiger partial charge in [0, 0.05) is 17.4 Å². The van der Waals surface area contributed by atoms with Crippen LogP contribution >= 0.6 is 11.8 Å². The van der Waals surface area contributed by atoms with Crippen molar-refractivity contribution >= 4 is 11.8 Å². The van der Waals surface area contributed by atoms with E-state index in [4.69, 9.17) is 9.47 Å². The summed E-state index contributed by atoms with van der Waals surface area (Å²) in [6.45, 7) is 2.06. The van der Waals surface area contributed by atoms with Gasteiger partial charge in [0.15, 0.2) is 11.0 Å². The lowest BCUT2D eigenvalue weighted by Crippen LogP contribution is -2.02. The van der Waals surface area contributed by atoms with Crippen molar-refractivity contribution in [1.82, 2.24) is 14.8 Å². The van der Waals surface area contributed by atoms with E-state index in [9.17, 15) is 5.26 Å². The zero-order valence-corrected chi connectivity index (χ0v) is 18.9. The molecule has 0 unspecified atom stereocenters. The lowest BCUT2D eigenvalue weighted by atomic mass is 10.1. The Morgan fingerprint density at radius 1 is 0.938 bits per heavy atom. The number of aromatic nitrogens is 3. The van der Waals surface area contributed by atoms with Gasteiger partial charge in [0.05, 0.1) is 31.5 Å². The van der Waals surface area contributed by atoms with Crippen LogP contribution in [0, 0.1) is 18.3 Å². The predicted octanol–water partition coefficient (Wildman–Crippen LogP) is 5.42. The molecule has 1 aromatic heterocycles. The van der Waals surface area contributed by atoms with Crippen LogP contribution in [0.4, 0.5) is 0 Å². The zero-order chi connectivity index (χ0) is 22.5. The van der Waals surface area contributed by atoms with Gasteiger partial charge in [-0.25, -0.2) is 0 Å². The van der Waals surface area contributed by atoms with Crippen LogP contribution in [0.5, 0.6) is 11.5 Å². The van der Waals surface area contributed by atoms with E-state index in [0.29, 0.717) is 28.6 Å². The van der Waals surface area contributed by atoms with Crippen molar-refractivity contribution in [2.24, 2.45) is 0 Å². The SMILES string of the molecule is COc1cc(OC)cc(-c2nnc(SCc3ccccc3C#N)n2-c2ccccc2C)c1. The maximum Gasteiger partial charge on any atom is 0.196 e. The number of nitrogens with zero attached hydrogens (tertiary/aromatic N) is 4. The molecule has 0 fully saturated rings. The van der Waals surface area contributed by atoms with E-state index < -0.39 is 0 Å². The molecule has 4 aromatic rings. The Hall–Kier alpha value is -3.76. The molecule has 0 aliphatic heterocycles. The maximum atomic E-state index is 9.42. The van der Waals surface area contributed by atoms with Crippen LogP contribution in [-0.4, -0.2) is 29.0 Å². The van der Waals surface area contributed by atoms with E-state index >= 15 is 0 Å². The molecule has 3 aromatic carbocycles. The number of hydrogen-bond donors (Lipinski definition) is 0. The lowest BCUT2D eigenvalue weighted by molar-refractivity contribution is 0.394. The van der Waals surface area contributed by atoms with Crippen molar-refractivity contribution in [3.05, 3.63) is 83.4 Å². The van der Waals surface area contributed by atoms with E-state index in [1.165, 1.54) is 0 Å². The number of para-hydroxylation sites is 1. The molecule has 32 heavy (non-hydrogen) atoms. The van der Waals surface area contributed by atoms with Gasteiger partial charge in [-0.15, -0.1) is 10.2 Å². The summed E-state index contributed by atoms with van der Waals surface area (Å²) in [7, 11) is 3.25. The first-order valence-corrected chi connectivity index (χ1v) is 11.0. The van der Waals surface area contributed by atoms with Gasteiger partial charge in [-0.2, -0.15) is 5.26 Å². The molecule has 0 spiro atoms. The number of benzene rings is 3. The van der Waals surface area contributed by atoms with Crippen LogP contribution in [0.25, 0.3) is 17.1 Å². The minimum absolute atomic E-state index is 0.606. The van der Waals surface area contributed by atoms with Crippen molar-refractivity contribution in [3.8, 4) is 34.6 Å². The summed E-state index contributed by atoms with van der Waals surface area (Å²) in [5.41, 5.74) is 4.55. The fraction of sp³-hybridized carbons (Fsp3) is 0.160. The van der Waals surface area contributed by atoms with Crippen LogP contribution in [0.2, 0.25) is 0 Å². The second-order valence-electron chi connectivity index (χ2n) is 7.09. The van der Waals surface area contributed by atoms with Gasteiger partial charge in [-0.3, -0.25) is 4.57 Å². The first kappa shape index (κ1) is 21.5. The summed E-state index contributed by atoms with van der Waals surface area (Å²) in [6.07, 6.45) is 0. The molecule has 0 aliphatic carbocycles. The molecule has 0 bridgehead atoms. The Kier molecular flexibility index (Phi) is 6.43. The third kappa shape index (κ3) is 4.32. The van der Waals surface area contributed by atoms with Crippen LogP contribution < -0.4 is 9.47 Å². The van der Waals surface area contributed by atoms with E-state index in [-0.39, 0.29) is 0 Å². The van der Waals surface area contributed by atoms with Gasteiger partial charge in [0.1, 0.15) is 11.5 Å². The molecule has 0 radical (unpaired) electrons. The normalized spacial score (nSPS) is 10.6. The van der Waals surface area contributed by atoms with E-state index in [2.05, 4.69) is 29.3 Å². The van der Waals surface area contributed by atoms with Crippen molar-refractivity contribution in [2.75, 3.05) is 14.2 Å². The van der Waals surface area contributed by atoms with Crippen molar-refractivity contribution in [3.63, 3.8) is 0 Å². The monoisotopic (exact) mass is 442 g/mol. The summed E-state index contributed by atoms with van der Waals surface area (Å²) >= 11 is 1.54. The Bertz CT molecular complexity index is 1270. The zero-order valence-electron chi connectivity index (χ0n) is 18.1. The second kappa shape index (κ2) is 9.58. The van der Waals surface area contributed by atoms with Crippen molar-refractivity contribution in [1.29, 1.82) is 5.26 Å². The molecule has 0 N–H and O–H groups in total. The van der Waals surface area contributed by atoms with Crippen molar-refractivity contribution < 1.29 is 9.47 Å². The second-order valence-corrected chi connectivity index (χ2v) is 8.03. The summed E-state index contributed by atoms with van der Waals surface area (Å²) < 4.78 is 12.9. The number of thioether (sulfide) groups is 1. The Morgan fingerprint density at radius 3 is 2.31 bits per heavy atom. The number of hydrogen-bond acceptors (Lipinski definition) is 6. The largest absolute Gasteiger partial charge is 0.497 e. The summed E-state index contributed by atoms with van der Waals surface area (Å²) in [4.78, 5) is 0. The molecule has 0 amide bonds. The molecule has 6 nitrogen and oxygen atoms in total. The van der Waals surface area contributed by atoms with Crippen LogP contribution in [0.3, 0.4) is 0 Å². The maximum absolute atomic E-state index is 9.42.